The quantitative estimate of drug-likeness (QED) is 0.163. The molecule has 5 heterocycles. The number of hydrogen-bond acceptors (Lipinski definition) is 4. The number of methoxy groups -OCH3 is 2. The van der Waals surface area contributed by atoms with Gasteiger partial charge in [-0.25, -0.2) is 9.97 Å². The highest BCUT2D eigenvalue weighted by atomic mass is 16.5. The van der Waals surface area contributed by atoms with Gasteiger partial charge in [0.15, 0.2) is 0 Å². The second kappa shape index (κ2) is 17.3. The van der Waals surface area contributed by atoms with Crippen molar-refractivity contribution in [3.05, 3.63) is 229 Å². The SMILES string of the molecule is COc1cc(OC)cc(-c2c3nc(c(-c4c5ccccc5cc5ccccc45)c4ccc([nH]4)c(-c4c5ccccc5cc5ccccc45)c4nc(c(-c5c6ccccc6cc6ccccc56)c5ccc2[nH]5)C=C4)C=C3)c1. The number of ether oxygens (including phenoxy) is 2. The van der Waals surface area contributed by atoms with Gasteiger partial charge < -0.3 is 19.4 Å². The summed E-state index contributed by atoms with van der Waals surface area (Å²) in [6.07, 6.45) is 8.75. The Kier molecular flexibility index (Phi) is 9.91. The van der Waals surface area contributed by atoms with E-state index in [1.165, 1.54) is 0 Å². The van der Waals surface area contributed by atoms with Crippen LogP contribution in [0.1, 0.15) is 22.8 Å². The van der Waals surface area contributed by atoms with Crippen LogP contribution in [0, 0.1) is 0 Å². The van der Waals surface area contributed by atoms with Crippen molar-refractivity contribution in [2.24, 2.45) is 0 Å². The summed E-state index contributed by atoms with van der Waals surface area (Å²) in [6.45, 7) is 0. The van der Waals surface area contributed by atoms with Gasteiger partial charge in [-0.1, -0.05) is 146 Å². The molecule has 6 nitrogen and oxygen atoms in total. The lowest BCUT2D eigenvalue weighted by atomic mass is 9.91. The third-order valence-corrected chi connectivity index (χ3v) is 15.5. The molecule has 0 saturated carbocycles. The zero-order valence-corrected chi connectivity index (χ0v) is 41.7. The van der Waals surface area contributed by atoms with Gasteiger partial charge in [-0.3, -0.25) is 0 Å². The van der Waals surface area contributed by atoms with E-state index in [0.29, 0.717) is 11.5 Å². The molecular formula is C70H46N4O2. The van der Waals surface area contributed by atoms with E-state index in [9.17, 15) is 0 Å². The van der Waals surface area contributed by atoms with Crippen LogP contribution in [-0.4, -0.2) is 34.2 Å². The number of rotatable bonds is 6. The standard InChI is InChI=1S/C70H46N4O2/c1-75-48-38-47(39-49(40-48)76-2)64-56-27-29-58(71-56)68(65-50-21-9-3-15-41(50)35-42-16-4-10-22-51(42)65)60-31-33-62(73-60)70(67-54-25-13-7-19-45(54)37-46-20-8-14-26-55(46)67)63-34-32-61(74-63)69(59-30-28-57(64)72-59)66-52-23-11-5-17-43(52)36-44-18-6-12-24-53(44)66/h3-40,71,74H,1-2H3. The Hall–Kier alpha value is -10.0. The summed E-state index contributed by atoms with van der Waals surface area (Å²) >= 11 is 0. The maximum absolute atomic E-state index is 5.94. The zero-order valence-electron chi connectivity index (χ0n) is 41.7. The molecule has 0 radical (unpaired) electrons. The van der Waals surface area contributed by atoms with Crippen molar-refractivity contribution >= 4 is 111 Å². The fourth-order valence-electron chi connectivity index (χ4n) is 12.1. The third kappa shape index (κ3) is 6.88. The topological polar surface area (TPSA) is 75.8 Å². The van der Waals surface area contributed by atoms with E-state index in [-0.39, 0.29) is 0 Å². The van der Waals surface area contributed by atoms with E-state index in [4.69, 9.17) is 19.4 Å². The number of benzene rings is 10. The van der Waals surface area contributed by atoms with Gasteiger partial charge in [0.25, 0.3) is 0 Å². The highest BCUT2D eigenvalue weighted by Crippen LogP contribution is 2.47. The van der Waals surface area contributed by atoms with Gasteiger partial charge in [-0.05, 0) is 149 Å². The molecule has 358 valence electrons. The molecule has 8 bridgehead atoms. The molecule has 0 unspecified atom stereocenters. The molecule has 76 heavy (non-hydrogen) atoms. The summed E-state index contributed by atoms with van der Waals surface area (Å²) in [7, 11) is 3.38. The lowest BCUT2D eigenvalue weighted by Gasteiger charge is -2.14. The summed E-state index contributed by atoms with van der Waals surface area (Å²) in [6, 6.07) is 74.0. The number of nitrogens with zero attached hydrogens (tertiary/aromatic N) is 2. The number of fused-ring (bicyclic) bond motifs is 14. The molecule has 0 aliphatic carbocycles. The Labute approximate surface area is 437 Å². The Morgan fingerprint density at radius 2 is 0.539 bits per heavy atom. The van der Waals surface area contributed by atoms with E-state index in [2.05, 4.69) is 234 Å². The number of aromatic nitrogens is 4. The minimum atomic E-state index is 0.676. The largest absolute Gasteiger partial charge is 0.497 e. The Balaban J connectivity index is 1.19. The number of H-pyrrole nitrogens is 2. The predicted molar refractivity (Wildman–Crippen MR) is 319 cm³/mol. The van der Waals surface area contributed by atoms with E-state index < -0.39 is 0 Å². The van der Waals surface area contributed by atoms with Crippen molar-refractivity contribution in [3.63, 3.8) is 0 Å². The van der Waals surface area contributed by atoms with Crippen molar-refractivity contribution < 1.29 is 9.47 Å². The molecule has 0 atom stereocenters. The molecule has 6 heteroatoms. The average Bonchev–Trinajstić information content (AvgIpc) is 4.40. The van der Waals surface area contributed by atoms with Gasteiger partial charge >= 0.3 is 0 Å². The summed E-state index contributed by atoms with van der Waals surface area (Å²) < 4.78 is 11.9. The van der Waals surface area contributed by atoms with Crippen LogP contribution in [0.3, 0.4) is 0 Å². The maximum atomic E-state index is 5.94. The number of nitrogens with one attached hydrogen (secondary N) is 2. The molecule has 0 amide bonds. The van der Waals surface area contributed by atoms with E-state index >= 15 is 0 Å². The highest BCUT2D eigenvalue weighted by molar-refractivity contribution is 6.20. The van der Waals surface area contributed by atoms with Gasteiger partial charge in [0.05, 0.1) is 37.0 Å². The normalized spacial score (nSPS) is 12.2. The summed E-state index contributed by atoms with van der Waals surface area (Å²) in [4.78, 5) is 19.8. The fourth-order valence-corrected chi connectivity index (χ4v) is 12.1. The van der Waals surface area contributed by atoms with Crippen LogP contribution >= 0.6 is 0 Å². The first-order chi connectivity index (χ1) is 37.6. The van der Waals surface area contributed by atoms with Crippen molar-refractivity contribution in [3.8, 4) is 56.0 Å². The Morgan fingerprint density at radius 3 is 0.829 bits per heavy atom. The van der Waals surface area contributed by atoms with Crippen LogP contribution in [0.25, 0.3) is 156 Å². The Morgan fingerprint density at radius 1 is 0.276 bits per heavy atom. The van der Waals surface area contributed by atoms with Crippen molar-refractivity contribution in [2.75, 3.05) is 14.2 Å². The van der Waals surface area contributed by atoms with E-state index in [1.807, 2.05) is 6.07 Å². The molecule has 13 aromatic rings. The zero-order chi connectivity index (χ0) is 50.4. The van der Waals surface area contributed by atoms with Gasteiger partial charge in [-0.15, -0.1) is 0 Å². The second-order valence-electron chi connectivity index (χ2n) is 19.7. The lowest BCUT2D eigenvalue weighted by molar-refractivity contribution is 0.394. The summed E-state index contributed by atoms with van der Waals surface area (Å²) in [5.41, 5.74) is 15.1. The first-order valence-electron chi connectivity index (χ1n) is 25.7. The van der Waals surface area contributed by atoms with Crippen molar-refractivity contribution in [1.82, 2.24) is 19.9 Å². The van der Waals surface area contributed by atoms with Crippen LogP contribution in [-0.2, 0) is 0 Å². The van der Waals surface area contributed by atoms with Gasteiger partial charge in [0, 0.05) is 67.1 Å². The third-order valence-electron chi connectivity index (χ3n) is 15.5. The molecule has 15 rings (SSSR count). The molecule has 2 aliphatic heterocycles. The molecule has 0 saturated heterocycles. The molecule has 2 N–H and O–H groups in total. The van der Waals surface area contributed by atoms with E-state index in [0.717, 1.165) is 154 Å². The van der Waals surface area contributed by atoms with Crippen LogP contribution in [0.15, 0.2) is 206 Å². The van der Waals surface area contributed by atoms with Crippen LogP contribution in [0.2, 0.25) is 0 Å². The van der Waals surface area contributed by atoms with Gasteiger partial charge in [0.2, 0.25) is 0 Å². The first kappa shape index (κ1) is 43.5. The lowest BCUT2D eigenvalue weighted by Crippen LogP contribution is -1.93. The molecule has 2 aliphatic rings. The molecule has 0 spiro atoms. The minimum absolute atomic E-state index is 0.676. The first-order valence-corrected chi connectivity index (χ1v) is 25.7. The smallest absolute Gasteiger partial charge is 0.123 e. The monoisotopic (exact) mass is 974 g/mol. The fraction of sp³-hybridized carbons (Fsp3) is 0.0286. The van der Waals surface area contributed by atoms with Crippen LogP contribution in [0.4, 0.5) is 0 Å². The second-order valence-corrected chi connectivity index (χ2v) is 19.7. The van der Waals surface area contributed by atoms with Crippen LogP contribution in [0.5, 0.6) is 11.5 Å². The minimum Gasteiger partial charge on any atom is -0.497 e. The summed E-state index contributed by atoms with van der Waals surface area (Å²) in [5, 5.41) is 13.8. The summed E-state index contributed by atoms with van der Waals surface area (Å²) in [5.74, 6) is 1.35. The number of hydrogen-bond donors (Lipinski definition) is 2. The average molecular weight is 975 g/mol. The van der Waals surface area contributed by atoms with E-state index in [1.54, 1.807) is 14.2 Å². The number of aromatic amines is 2. The molecule has 3 aromatic heterocycles. The van der Waals surface area contributed by atoms with Crippen molar-refractivity contribution in [1.29, 1.82) is 0 Å². The van der Waals surface area contributed by atoms with Crippen molar-refractivity contribution in [2.45, 2.75) is 0 Å². The molecule has 0 fully saturated rings. The predicted octanol–water partition coefficient (Wildman–Crippen LogP) is 18.3. The van der Waals surface area contributed by atoms with Gasteiger partial charge in [0.1, 0.15) is 11.5 Å². The maximum Gasteiger partial charge on any atom is 0.123 e. The van der Waals surface area contributed by atoms with Crippen LogP contribution < -0.4 is 9.47 Å². The Bertz CT molecular complexity index is 4560. The molecule has 10 aromatic carbocycles. The highest BCUT2D eigenvalue weighted by Gasteiger charge is 2.24. The van der Waals surface area contributed by atoms with Gasteiger partial charge in [-0.2, -0.15) is 0 Å². The molecular weight excluding hydrogens is 929 g/mol.